The van der Waals surface area contributed by atoms with Crippen LogP contribution in [0.1, 0.15) is 38.1 Å². The van der Waals surface area contributed by atoms with Gasteiger partial charge in [0.25, 0.3) is 0 Å². The average Bonchev–Trinajstić information content (AvgIpc) is 3.27. The molecule has 0 aliphatic heterocycles. The first-order chi connectivity index (χ1) is 16.2. The number of rotatable bonds is 6. The van der Waals surface area contributed by atoms with E-state index in [1.54, 1.807) is 33.0 Å². The van der Waals surface area contributed by atoms with Crippen molar-refractivity contribution in [1.29, 1.82) is 0 Å². The number of aromatic nitrogens is 4. The van der Waals surface area contributed by atoms with E-state index in [0.717, 1.165) is 4.70 Å². The Balaban J connectivity index is 1.79. The van der Waals surface area contributed by atoms with E-state index < -0.39 is 36.1 Å². The minimum atomic E-state index is -4.49. The molecule has 4 rings (SSSR count). The van der Waals surface area contributed by atoms with Crippen LogP contribution in [0.4, 0.5) is 24.9 Å². The number of aryl methyl sites for hydroxylation is 2. The standard InChI is InChI=1S/C22H27F3N6O3S/c1-10-14(18-29-15-11(2)26-8-6-13(15)35-18)17(30-19(28-10)27-9-22(23,24)25)31-21(34)7-5-12(16(21)32)20(3,4)33/h6,8,12,16,32-34H,5,7,9H2,1-4H3,(H2,27,28,30,31). The van der Waals surface area contributed by atoms with Crippen LogP contribution in [0.5, 0.6) is 0 Å². The number of aliphatic hydroxyl groups excluding tert-OH is 1. The summed E-state index contributed by atoms with van der Waals surface area (Å²) in [5.74, 6) is -0.907. The number of thiazole rings is 1. The van der Waals surface area contributed by atoms with Crippen molar-refractivity contribution in [2.75, 3.05) is 17.2 Å². The van der Waals surface area contributed by atoms with Crippen molar-refractivity contribution in [2.45, 2.75) is 64.1 Å². The van der Waals surface area contributed by atoms with E-state index in [1.807, 2.05) is 6.92 Å². The van der Waals surface area contributed by atoms with Gasteiger partial charge >= 0.3 is 6.18 Å². The Kier molecular flexibility index (Phi) is 6.41. The molecule has 0 aromatic carbocycles. The fourth-order valence-corrected chi connectivity index (χ4v) is 5.47. The van der Waals surface area contributed by atoms with Crippen LogP contribution < -0.4 is 10.6 Å². The molecule has 9 nitrogen and oxygen atoms in total. The van der Waals surface area contributed by atoms with Crippen LogP contribution in [0.3, 0.4) is 0 Å². The van der Waals surface area contributed by atoms with Crippen molar-refractivity contribution >= 4 is 33.3 Å². The first-order valence-corrected chi connectivity index (χ1v) is 11.8. The highest BCUT2D eigenvalue weighted by Gasteiger charge is 2.52. The zero-order valence-electron chi connectivity index (χ0n) is 19.6. The molecule has 0 spiro atoms. The molecule has 1 saturated carbocycles. The molecule has 1 aliphatic carbocycles. The number of alkyl halides is 3. The predicted molar refractivity (Wildman–Crippen MR) is 126 cm³/mol. The molecule has 13 heteroatoms. The third-order valence-electron chi connectivity index (χ3n) is 6.19. The normalized spacial score (nSPS) is 23.1. The highest BCUT2D eigenvalue weighted by Crippen LogP contribution is 2.43. The van der Waals surface area contributed by atoms with Crippen LogP contribution in [-0.4, -0.2) is 65.4 Å². The molecule has 0 radical (unpaired) electrons. The van der Waals surface area contributed by atoms with E-state index in [0.29, 0.717) is 33.9 Å². The number of nitrogens with zero attached hydrogens (tertiary/aromatic N) is 4. The van der Waals surface area contributed by atoms with Gasteiger partial charge in [-0.3, -0.25) is 4.98 Å². The van der Waals surface area contributed by atoms with Crippen LogP contribution in [0.25, 0.3) is 20.8 Å². The molecular formula is C22H27F3N6O3S. The zero-order chi connectivity index (χ0) is 25.8. The summed E-state index contributed by atoms with van der Waals surface area (Å²) in [6.45, 7) is 5.16. The number of halogens is 3. The van der Waals surface area contributed by atoms with Crippen molar-refractivity contribution in [3.63, 3.8) is 0 Å². The quantitative estimate of drug-likeness (QED) is 0.315. The Labute approximate surface area is 203 Å². The molecule has 3 atom stereocenters. The third kappa shape index (κ3) is 5.17. The molecular weight excluding hydrogens is 485 g/mol. The topological polar surface area (TPSA) is 136 Å². The van der Waals surface area contributed by atoms with Gasteiger partial charge in [0, 0.05) is 12.1 Å². The monoisotopic (exact) mass is 512 g/mol. The molecule has 0 amide bonds. The summed E-state index contributed by atoms with van der Waals surface area (Å²) in [6, 6.07) is 1.80. The van der Waals surface area contributed by atoms with Gasteiger partial charge in [-0.05, 0) is 46.6 Å². The summed E-state index contributed by atoms with van der Waals surface area (Å²) in [4.78, 5) is 17.3. The van der Waals surface area contributed by atoms with Crippen LogP contribution in [0, 0.1) is 19.8 Å². The van der Waals surface area contributed by atoms with E-state index in [2.05, 4.69) is 30.6 Å². The maximum absolute atomic E-state index is 12.8. The van der Waals surface area contributed by atoms with Gasteiger partial charge in [-0.1, -0.05) is 0 Å². The third-order valence-corrected chi connectivity index (χ3v) is 7.23. The minimum absolute atomic E-state index is 0.0183. The molecule has 0 bridgehead atoms. The number of hydrogen-bond acceptors (Lipinski definition) is 10. The first-order valence-electron chi connectivity index (χ1n) is 11.0. The zero-order valence-corrected chi connectivity index (χ0v) is 20.4. The highest BCUT2D eigenvalue weighted by atomic mass is 32.1. The van der Waals surface area contributed by atoms with Crippen LogP contribution >= 0.6 is 11.3 Å². The Morgan fingerprint density at radius 2 is 1.89 bits per heavy atom. The van der Waals surface area contributed by atoms with Gasteiger partial charge in [-0.25, -0.2) is 9.97 Å². The lowest BCUT2D eigenvalue weighted by Gasteiger charge is -2.34. The fraction of sp³-hybridized carbons (Fsp3) is 0.545. The number of aliphatic hydroxyl groups is 3. The van der Waals surface area contributed by atoms with Crippen LogP contribution in [0.2, 0.25) is 0 Å². The van der Waals surface area contributed by atoms with Gasteiger partial charge in [0.05, 0.1) is 27.3 Å². The summed E-state index contributed by atoms with van der Waals surface area (Å²) < 4.78 is 39.2. The van der Waals surface area contributed by atoms with Gasteiger partial charge in [0.15, 0.2) is 5.72 Å². The Hall–Kier alpha value is -2.61. The molecule has 35 heavy (non-hydrogen) atoms. The van der Waals surface area contributed by atoms with Crippen molar-refractivity contribution in [3.8, 4) is 10.6 Å². The van der Waals surface area contributed by atoms with E-state index >= 15 is 0 Å². The minimum Gasteiger partial charge on any atom is -0.390 e. The SMILES string of the molecule is Cc1nc(NCC(F)(F)F)nc(NC2(O)CCC(C(C)(C)O)C2O)c1-c1nc2c(C)nccc2s1. The fourth-order valence-electron chi connectivity index (χ4n) is 4.36. The number of hydrogen-bond donors (Lipinski definition) is 5. The second kappa shape index (κ2) is 8.80. The molecule has 1 aliphatic rings. The van der Waals surface area contributed by atoms with Gasteiger partial charge in [0.2, 0.25) is 5.95 Å². The number of anilines is 2. The molecule has 5 N–H and O–H groups in total. The second-order valence-corrected chi connectivity index (χ2v) is 10.4. The lowest BCUT2D eigenvalue weighted by Crippen LogP contribution is -2.51. The van der Waals surface area contributed by atoms with Gasteiger partial charge in [-0.2, -0.15) is 18.2 Å². The summed E-state index contributed by atoms with van der Waals surface area (Å²) in [5.41, 5.74) is -1.05. The van der Waals surface area contributed by atoms with E-state index in [9.17, 15) is 28.5 Å². The van der Waals surface area contributed by atoms with Gasteiger partial charge in [-0.15, -0.1) is 11.3 Å². The number of nitrogens with one attached hydrogen (secondary N) is 2. The molecule has 190 valence electrons. The predicted octanol–water partition coefficient (Wildman–Crippen LogP) is 3.38. The Morgan fingerprint density at radius 3 is 2.49 bits per heavy atom. The first kappa shape index (κ1) is 25.5. The molecule has 3 heterocycles. The maximum Gasteiger partial charge on any atom is 0.405 e. The van der Waals surface area contributed by atoms with Crippen LogP contribution in [-0.2, 0) is 0 Å². The Morgan fingerprint density at radius 1 is 1.17 bits per heavy atom. The van der Waals surface area contributed by atoms with Gasteiger partial charge < -0.3 is 26.0 Å². The van der Waals surface area contributed by atoms with E-state index in [-0.39, 0.29) is 18.2 Å². The molecule has 1 fully saturated rings. The number of pyridine rings is 1. The maximum atomic E-state index is 12.8. The molecule has 0 saturated heterocycles. The second-order valence-electron chi connectivity index (χ2n) is 9.38. The summed E-state index contributed by atoms with van der Waals surface area (Å²) in [7, 11) is 0. The smallest absolute Gasteiger partial charge is 0.390 e. The van der Waals surface area contributed by atoms with Crippen molar-refractivity contribution < 1.29 is 28.5 Å². The average molecular weight is 513 g/mol. The van der Waals surface area contributed by atoms with E-state index in [1.165, 1.54) is 11.3 Å². The van der Waals surface area contributed by atoms with E-state index in [4.69, 9.17) is 0 Å². The van der Waals surface area contributed by atoms with Crippen LogP contribution in [0.15, 0.2) is 12.3 Å². The number of fused-ring (bicyclic) bond motifs is 1. The molecule has 3 unspecified atom stereocenters. The Bertz CT molecular complexity index is 1250. The molecule has 3 aromatic heterocycles. The van der Waals surface area contributed by atoms with Gasteiger partial charge in [0.1, 0.15) is 29.0 Å². The van der Waals surface area contributed by atoms with Crippen molar-refractivity contribution in [2.24, 2.45) is 5.92 Å². The summed E-state index contributed by atoms with van der Waals surface area (Å²) in [5, 5.41) is 38.0. The lowest BCUT2D eigenvalue weighted by atomic mass is 9.87. The summed E-state index contributed by atoms with van der Waals surface area (Å²) in [6.07, 6.45) is -3.79. The highest BCUT2D eigenvalue weighted by molar-refractivity contribution is 7.21. The molecule has 3 aromatic rings. The van der Waals surface area contributed by atoms with Crippen molar-refractivity contribution in [1.82, 2.24) is 19.9 Å². The largest absolute Gasteiger partial charge is 0.405 e. The summed E-state index contributed by atoms with van der Waals surface area (Å²) >= 11 is 1.32. The van der Waals surface area contributed by atoms with Crippen molar-refractivity contribution in [3.05, 3.63) is 23.7 Å². The lowest BCUT2D eigenvalue weighted by molar-refractivity contribution is -0.115.